The summed E-state index contributed by atoms with van der Waals surface area (Å²) < 4.78 is 0. The molecule has 4 N–H and O–H groups in total. The Labute approximate surface area is 96.9 Å². The van der Waals surface area contributed by atoms with Gasteiger partial charge in [-0.15, -0.1) is 0 Å². The Morgan fingerprint density at radius 3 is 2.69 bits per heavy atom. The van der Waals surface area contributed by atoms with Crippen LogP contribution in [0, 0.1) is 23.2 Å². The smallest absolute Gasteiger partial charge is 0.220 e. The van der Waals surface area contributed by atoms with Gasteiger partial charge in [0.05, 0.1) is 0 Å². The Bertz CT molecular complexity index is 313. The average molecular weight is 222 g/mol. The van der Waals surface area contributed by atoms with Gasteiger partial charge in [-0.3, -0.25) is 4.79 Å². The Morgan fingerprint density at radius 2 is 2.06 bits per heavy atom. The molecule has 1 spiro atoms. The first-order valence-corrected chi connectivity index (χ1v) is 6.68. The molecule has 0 aromatic heterocycles. The Hall–Kier alpha value is -0.570. The van der Waals surface area contributed by atoms with Crippen molar-refractivity contribution >= 4 is 5.91 Å². The molecule has 3 aliphatic rings. The average Bonchev–Trinajstić information content (AvgIpc) is 2.84. The lowest BCUT2D eigenvalue weighted by Gasteiger charge is -2.47. The van der Waals surface area contributed by atoms with E-state index in [2.05, 4.69) is 0 Å². The monoisotopic (exact) mass is 222 g/mol. The molecule has 0 heterocycles. The van der Waals surface area contributed by atoms with Crippen LogP contribution in [0.2, 0.25) is 0 Å². The number of amides is 1. The van der Waals surface area contributed by atoms with E-state index in [-0.39, 0.29) is 17.2 Å². The summed E-state index contributed by atoms with van der Waals surface area (Å²) in [5.74, 6) is 1.51. The number of primary amides is 1. The molecule has 0 aliphatic heterocycles. The lowest BCUT2D eigenvalue weighted by molar-refractivity contribution is -0.125. The molecule has 0 saturated heterocycles. The summed E-state index contributed by atoms with van der Waals surface area (Å²) in [4.78, 5) is 11.4. The fraction of sp³-hybridized carbons (Fsp3) is 0.923. The summed E-state index contributed by atoms with van der Waals surface area (Å²) in [6, 6.07) is 0.341. The first-order valence-electron chi connectivity index (χ1n) is 6.68. The topological polar surface area (TPSA) is 69.1 Å². The molecule has 1 amide bonds. The molecule has 0 unspecified atom stereocenters. The summed E-state index contributed by atoms with van der Waals surface area (Å²) in [6.07, 6.45) is 8.31. The van der Waals surface area contributed by atoms with E-state index in [1.54, 1.807) is 0 Å². The predicted octanol–water partition coefficient (Wildman–Crippen LogP) is 1.41. The number of carbonyl (C=O) groups excluding carboxylic acids is 1. The molecular weight excluding hydrogens is 200 g/mol. The third-order valence-electron chi connectivity index (χ3n) is 5.68. The van der Waals surface area contributed by atoms with E-state index in [1.165, 1.54) is 25.7 Å². The predicted molar refractivity (Wildman–Crippen MR) is 62.4 cm³/mol. The molecule has 0 aromatic rings. The minimum absolute atomic E-state index is 0.0964. The highest BCUT2D eigenvalue weighted by Crippen LogP contribution is 2.61. The van der Waals surface area contributed by atoms with Crippen molar-refractivity contribution in [2.45, 2.75) is 51.0 Å². The molecule has 3 nitrogen and oxygen atoms in total. The molecule has 3 heteroatoms. The molecule has 3 rings (SSSR count). The van der Waals surface area contributed by atoms with Gasteiger partial charge < -0.3 is 11.5 Å². The van der Waals surface area contributed by atoms with E-state index >= 15 is 0 Å². The summed E-state index contributed by atoms with van der Waals surface area (Å²) in [7, 11) is 0. The highest BCUT2D eigenvalue weighted by Gasteiger charge is 2.57. The van der Waals surface area contributed by atoms with Crippen molar-refractivity contribution in [1.29, 1.82) is 0 Å². The van der Waals surface area contributed by atoms with Crippen LogP contribution in [0.1, 0.15) is 44.9 Å². The van der Waals surface area contributed by atoms with Crippen LogP contribution in [0.5, 0.6) is 0 Å². The van der Waals surface area contributed by atoms with Gasteiger partial charge in [-0.2, -0.15) is 0 Å². The minimum Gasteiger partial charge on any atom is -0.369 e. The van der Waals surface area contributed by atoms with E-state index in [0.29, 0.717) is 6.04 Å². The van der Waals surface area contributed by atoms with Gasteiger partial charge in [-0.05, 0) is 55.8 Å². The highest BCUT2D eigenvalue weighted by atomic mass is 16.1. The fourth-order valence-corrected chi connectivity index (χ4v) is 4.86. The van der Waals surface area contributed by atoms with Gasteiger partial charge in [0.25, 0.3) is 0 Å². The molecule has 2 bridgehead atoms. The number of carbonyl (C=O) groups is 1. The van der Waals surface area contributed by atoms with Crippen LogP contribution in [-0.4, -0.2) is 11.9 Å². The first kappa shape index (κ1) is 10.6. The molecule has 3 fully saturated rings. The van der Waals surface area contributed by atoms with Crippen molar-refractivity contribution in [1.82, 2.24) is 0 Å². The number of nitrogens with two attached hydrogens (primary N) is 2. The van der Waals surface area contributed by atoms with Gasteiger partial charge >= 0.3 is 0 Å². The van der Waals surface area contributed by atoms with Crippen molar-refractivity contribution in [2.75, 3.05) is 0 Å². The van der Waals surface area contributed by atoms with Gasteiger partial charge in [-0.25, -0.2) is 0 Å². The van der Waals surface area contributed by atoms with E-state index in [1.807, 2.05) is 0 Å². The summed E-state index contributed by atoms with van der Waals surface area (Å²) in [6.45, 7) is 0. The molecule has 3 aliphatic carbocycles. The van der Waals surface area contributed by atoms with E-state index in [0.717, 1.165) is 31.1 Å². The second kappa shape index (κ2) is 3.46. The van der Waals surface area contributed by atoms with Crippen molar-refractivity contribution < 1.29 is 4.79 Å². The molecule has 3 saturated carbocycles. The van der Waals surface area contributed by atoms with E-state index in [4.69, 9.17) is 11.5 Å². The summed E-state index contributed by atoms with van der Waals surface area (Å²) >= 11 is 0. The molecular formula is C13H22N2O. The number of hydrogen-bond donors (Lipinski definition) is 2. The lowest BCUT2D eigenvalue weighted by Crippen LogP contribution is -2.50. The maximum Gasteiger partial charge on any atom is 0.220 e. The SMILES string of the molecule is NC(=O)[C@@H]1CCC[C@@]2(C1)[C@H]1CC[C@H](C1)[C@@H]2N. The van der Waals surface area contributed by atoms with Crippen LogP contribution >= 0.6 is 0 Å². The van der Waals surface area contributed by atoms with Crippen molar-refractivity contribution in [3.05, 3.63) is 0 Å². The van der Waals surface area contributed by atoms with Crippen LogP contribution in [0.25, 0.3) is 0 Å². The van der Waals surface area contributed by atoms with Crippen LogP contribution in [0.4, 0.5) is 0 Å². The van der Waals surface area contributed by atoms with Crippen molar-refractivity contribution in [3.63, 3.8) is 0 Å². The molecule has 0 radical (unpaired) electrons. The van der Waals surface area contributed by atoms with Gasteiger partial charge in [0.1, 0.15) is 0 Å². The van der Waals surface area contributed by atoms with Crippen LogP contribution in [-0.2, 0) is 4.79 Å². The Balaban J connectivity index is 1.85. The fourth-order valence-electron chi connectivity index (χ4n) is 4.86. The van der Waals surface area contributed by atoms with Crippen molar-refractivity contribution in [2.24, 2.45) is 34.6 Å². The minimum atomic E-state index is -0.103. The number of fused-ring (bicyclic) bond motifs is 3. The quantitative estimate of drug-likeness (QED) is 0.704. The zero-order chi connectivity index (χ0) is 11.3. The maximum atomic E-state index is 11.4. The summed E-state index contributed by atoms with van der Waals surface area (Å²) in [5, 5.41) is 0. The van der Waals surface area contributed by atoms with Crippen LogP contribution < -0.4 is 11.5 Å². The van der Waals surface area contributed by atoms with Crippen LogP contribution in [0.3, 0.4) is 0 Å². The third kappa shape index (κ3) is 1.27. The second-order valence-electron chi connectivity index (χ2n) is 6.22. The standard InChI is InChI=1S/C13H22N2O/c14-11-8-3-4-10(6-8)13(11)5-1-2-9(7-13)12(15)16/h8-11H,1-7,14H2,(H2,15,16)/t8-,9-,10+,11+,13-/m1/s1. The van der Waals surface area contributed by atoms with E-state index in [9.17, 15) is 4.79 Å². The molecule has 0 aromatic carbocycles. The van der Waals surface area contributed by atoms with Crippen LogP contribution in [0.15, 0.2) is 0 Å². The third-order valence-corrected chi connectivity index (χ3v) is 5.68. The van der Waals surface area contributed by atoms with Crippen molar-refractivity contribution in [3.8, 4) is 0 Å². The lowest BCUT2D eigenvalue weighted by atomic mass is 9.59. The van der Waals surface area contributed by atoms with E-state index < -0.39 is 0 Å². The Kier molecular flexibility index (Phi) is 2.29. The number of rotatable bonds is 1. The summed E-state index contributed by atoms with van der Waals surface area (Å²) in [5.41, 5.74) is 12.2. The number of hydrogen-bond acceptors (Lipinski definition) is 2. The molecule has 5 atom stereocenters. The maximum absolute atomic E-state index is 11.4. The zero-order valence-electron chi connectivity index (χ0n) is 9.82. The molecule has 90 valence electrons. The van der Waals surface area contributed by atoms with Gasteiger partial charge in [0, 0.05) is 12.0 Å². The van der Waals surface area contributed by atoms with Gasteiger partial charge in [0.2, 0.25) is 5.91 Å². The largest absolute Gasteiger partial charge is 0.369 e. The van der Waals surface area contributed by atoms with Gasteiger partial charge in [-0.1, -0.05) is 6.42 Å². The van der Waals surface area contributed by atoms with Gasteiger partial charge in [0.15, 0.2) is 0 Å². The second-order valence-corrected chi connectivity index (χ2v) is 6.22. The first-order chi connectivity index (χ1) is 7.63. The normalized spacial score (nSPS) is 51.1. The highest BCUT2D eigenvalue weighted by molar-refractivity contribution is 5.76. The zero-order valence-corrected chi connectivity index (χ0v) is 9.82. The molecule has 16 heavy (non-hydrogen) atoms. The Morgan fingerprint density at radius 1 is 1.25 bits per heavy atom.